The van der Waals surface area contributed by atoms with Crippen molar-refractivity contribution in [1.82, 2.24) is 0 Å². The Hall–Kier alpha value is -0.100. The molecule has 1 heterocycles. The zero-order chi connectivity index (χ0) is 11.0. The van der Waals surface area contributed by atoms with Gasteiger partial charge >= 0.3 is 23.2 Å². The second-order valence-electron chi connectivity index (χ2n) is 2.07. The Morgan fingerprint density at radius 2 is 1.36 bits per heavy atom. The van der Waals surface area contributed by atoms with Crippen LogP contribution in [0.25, 0.3) is 0 Å². The fraction of sp³-hybridized carbons (Fsp3) is 0.333. The van der Waals surface area contributed by atoms with Crippen LogP contribution in [0.2, 0.25) is 0 Å². The second kappa shape index (κ2) is 3.48. The van der Waals surface area contributed by atoms with E-state index in [0.29, 0.717) is 0 Å². The molecule has 0 saturated carbocycles. The van der Waals surface area contributed by atoms with E-state index in [0.717, 1.165) is 6.92 Å². The van der Waals surface area contributed by atoms with E-state index in [1.165, 1.54) is 0 Å². The van der Waals surface area contributed by atoms with Gasteiger partial charge in [-0.25, -0.2) is 0 Å². The topological polar surface area (TPSA) is 37.1 Å². The van der Waals surface area contributed by atoms with Crippen molar-refractivity contribution in [3.63, 3.8) is 0 Å². The zero-order valence-corrected chi connectivity index (χ0v) is 9.26. The number of hydrogen-bond donors (Lipinski definition) is 0. The van der Waals surface area contributed by atoms with Crippen molar-refractivity contribution in [3.8, 4) is 11.6 Å². The number of hydrogen-bond acceptors (Lipinski definition) is 3. The number of nitrogens with zero attached hydrogens (tertiary/aromatic N) is 3. The van der Waals surface area contributed by atoms with E-state index >= 15 is 0 Å². The van der Waals surface area contributed by atoms with Gasteiger partial charge in [-0.15, -0.1) is 30.3 Å². The molecule has 0 aromatic heterocycles. The van der Waals surface area contributed by atoms with E-state index in [4.69, 9.17) is 0 Å². The Balaban J connectivity index is 3.54. The Bertz CT molecular complexity index is 464. The highest BCUT2D eigenvalue weighted by atomic mass is 31.3. The summed E-state index contributed by atoms with van der Waals surface area (Å²) in [5.74, 6) is 1.92. The third kappa shape index (κ3) is 2.95. The maximum absolute atomic E-state index is 13.2. The van der Waals surface area contributed by atoms with Crippen LogP contribution in [0.5, 0.6) is 0 Å². The molecule has 0 amide bonds. The standard InChI is InChI=1S/C3H3F5N3P3/c1-2-3-12(4)9-13(5,6)11-14(7,8)10-12/h1H3. The van der Waals surface area contributed by atoms with Crippen LogP contribution in [-0.2, 0) is 0 Å². The Kier molecular flexibility index (Phi) is 2.98. The van der Waals surface area contributed by atoms with Crippen LogP contribution in [0, 0.1) is 11.6 Å². The molecule has 0 aromatic carbocycles. The van der Waals surface area contributed by atoms with Crippen LogP contribution in [-0.4, -0.2) is 0 Å². The first-order valence-corrected chi connectivity index (χ1v) is 7.56. The first-order chi connectivity index (χ1) is 6.18. The molecule has 3 nitrogen and oxygen atoms in total. The molecule has 80 valence electrons. The summed E-state index contributed by atoms with van der Waals surface area (Å²) in [6.07, 6.45) is 0. The van der Waals surface area contributed by atoms with E-state index in [1.54, 1.807) is 5.66 Å². The lowest BCUT2D eigenvalue weighted by atomic mass is 10.9. The second-order valence-corrected chi connectivity index (χ2v) is 7.31. The van der Waals surface area contributed by atoms with Gasteiger partial charge in [0.05, 0.1) is 0 Å². The van der Waals surface area contributed by atoms with Crippen molar-refractivity contribution < 1.29 is 21.0 Å². The van der Waals surface area contributed by atoms with Crippen molar-refractivity contribution in [2.45, 2.75) is 6.92 Å². The third-order valence-electron chi connectivity index (χ3n) is 0.922. The van der Waals surface area contributed by atoms with Gasteiger partial charge in [0.1, 0.15) is 0 Å². The summed E-state index contributed by atoms with van der Waals surface area (Å²) < 4.78 is 69.7. The molecule has 1 unspecified atom stereocenters. The van der Waals surface area contributed by atoms with Crippen molar-refractivity contribution >= 4 is 23.2 Å². The highest BCUT2D eigenvalue weighted by Crippen LogP contribution is 2.81. The molecule has 1 aliphatic rings. The molecule has 1 rings (SSSR count). The summed E-state index contributed by atoms with van der Waals surface area (Å²) in [5, 5.41) is 0. The monoisotopic (exact) mass is 269 g/mol. The largest absolute Gasteiger partial charge is 0.424 e. The van der Waals surface area contributed by atoms with Gasteiger partial charge in [-0.1, -0.05) is 5.92 Å². The van der Waals surface area contributed by atoms with Crippen molar-refractivity contribution in [3.05, 3.63) is 0 Å². The van der Waals surface area contributed by atoms with Crippen molar-refractivity contribution in [1.29, 1.82) is 0 Å². The van der Waals surface area contributed by atoms with Gasteiger partial charge in [0.2, 0.25) is 0 Å². The van der Waals surface area contributed by atoms with E-state index in [9.17, 15) is 21.0 Å². The van der Waals surface area contributed by atoms with Crippen LogP contribution in [0.1, 0.15) is 6.92 Å². The molecule has 1 atom stereocenters. The van der Waals surface area contributed by atoms with E-state index < -0.39 is 23.2 Å². The third-order valence-corrected chi connectivity index (χ3v) is 6.77. The maximum Gasteiger partial charge on any atom is 0.424 e. The molecule has 0 aromatic rings. The lowest BCUT2D eigenvalue weighted by Crippen LogP contribution is -1.71. The van der Waals surface area contributed by atoms with Gasteiger partial charge in [0.25, 0.3) is 0 Å². The lowest BCUT2D eigenvalue weighted by molar-refractivity contribution is 0.698. The minimum absolute atomic E-state index is 1.13. The van der Waals surface area contributed by atoms with Gasteiger partial charge in [-0.2, -0.15) is 4.20 Å². The molecule has 0 aliphatic carbocycles. The van der Waals surface area contributed by atoms with Crippen LogP contribution in [0.15, 0.2) is 13.5 Å². The molecule has 1 aliphatic heterocycles. The van der Waals surface area contributed by atoms with Crippen LogP contribution < -0.4 is 0 Å². The molecular formula is C3H3F5N3P3. The lowest BCUT2D eigenvalue weighted by Gasteiger charge is -2.11. The van der Waals surface area contributed by atoms with Gasteiger partial charge in [-0.05, 0) is 12.6 Å². The fourth-order valence-electron chi connectivity index (χ4n) is 0.655. The van der Waals surface area contributed by atoms with Gasteiger partial charge in [0, 0.05) is 0 Å². The molecule has 11 heteroatoms. The highest BCUT2D eigenvalue weighted by molar-refractivity contribution is 7.81. The van der Waals surface area contributed by atoms with E-state index in [-0.39, 0.29) is 0 Å². The predicted octanol–water partition coefficient (Wildman–Crippen LogP) is 5.75. The average Bonchev–Trinajstić information content (AvgIpc) is 1.75. The normalized spacial score (nSPS) is 32.7. The van der Waals surface area contributed by atoms with Gasteiger partial charge < -0.3 is 0 Å². The minimum atomic E-state index is -5.58. The summed E-state index contributed by atoms with van der Waals surface area (Å²) in [6.45, 7) is 1.13. The summed E-state index contributed by atoms with van der Waals surface area (Å²) >= 11 is 0. The van der Waals surface area contributed by atoms with Crippen LogP contribution in [0.4, 0.5) is 21.0 Å². The molecular weight excluding hydrogens is 266 g/mol. The van der Waals surface area contributed by atoms with Gasteiger partial charge in [-0.3, -0.25) is 0 Å². The van der Waals surface area contributed by atoms with E-state index in [1.807, 2.05) is 10.4 Å². The van der Waals surface area contributed by atoms with Crippen molar-refractivity contribution in [2.24, 2.45) is 13.5 Å². The van der Waals surface area contributed by atoms with Gasteiger partial charge in [0.15, 0.2) is 0 Å². The first kappa shape index (κ1) is 12.0. The first-order valence-electron chi connectivity index (χ1n) is 3.02. The maximum atomic E-state index is 13.2. The summed E-state index contributed by atoms with van der Waals surface area (Å²) in [5.41, 5.74) is 1.57. The summed E-state index contributed by atoms with van der Waals surface area (Å²) in [4.78, 5) is 0. The quantitative estimate of drug-likeness (QED) is 0.305. The average molecular weight is 269 g/mol. The Labute approximate surface area is 77.0 Å². The van der Waals surface area contributed by atoms with Crippen LogP contribution in [0.3, 0.4) is 0 Å². The molecule has 14 heavy (non-hydrogen) atoms. The number of rotatable bonds is 0. The number of halogens is 5. The Morgan fingerprint density at radius 3 is 1.79 bits per heavy atom. The zero-order valence-electron chi connectivity index (χ0n) is 6.57. The predicted molar refractivity (Wildman–Crippen MR) is 47.0 cm³/mol. The molecule has 0 radical (unpaired) electrons. The smallest absolute Gasteiger partial charge is 0.168 e. The summed E-state index contributed by atoms with van der Waals surface area (Å²) in [7, 11) is -15.9. The summed E-state index contributed by atoms with van der Waals surface area (Å²) in [6, 6.07) is 0. The van der Waals surface area contributed by atoms with E-state index in [2.05, 4.69) is 9.03 Å². The SMILES string of the molecule is CC#CP1(F)=NP(F)(F)=NP(F)(F)=N1. The molecule has 0 spiro atoms. The molecule has 0 fully saturated rings. The van der Waals surface area contributed by atoms with Crippen LogP contribution >= 0.6 is 23.2 Å². The highest BCUT2D eigenvalue weighted by Gasteiger charge is 2.37. The fourth-order valence-corrected chi connectivity index (χ4v) is 6.01. The molecule has 0 saturated heterocycles. The Morgan fingerprint density at radius 1 is 0.857 bits per heavy atom. The molecule has 0 N–H and O–H groups in total. The minimum Gasteiger partial charge on any atom is -0.168 e. The molecule has 0 bridgehead atoms. The van der Waals surface area contributed by atoms with Crippen molar-refractivity contribution in [2.75, 3.05) is 0 Å².